The number of aromatic nitrogens is 4. The van der Waals surface area contributed by atoms with Gasteiger partial charge in [-0.1, -0.05) is 41.1 Å². The molecule has 2 aromatic heterocycles. The Morgan fingerprint density at radius 2 is 2.00 bits per heavy atom. The van der Waals surface area contributed by atoms with Crippen molar-refractivity contribution >= 4 is 17.5 Å². The molecule has 6 nitrogen and oxygen atoms in total. The third kappa shape index (κ3) is 3.85. The second-order valence-electron chi connectivity index (χ2n) is 5.74. The number of halogens is 1. The lowest BCUT2D eigenvalue weighted by atomic mass is 10.2. The summed E-state index contributed by atoms with van der Waals surface area (Å²) in [6.45, 7) is 2.38. The summed E-state index contributed by atoms with van der Waals surface area (Å²) < 4.78 is 1.60. The van der Waals surface area contributed by atoms with Gasteiger partial charge in [0.2, 0.25) is 0 Å². The summed E-state index contributed by atoms with van der Waals surface area (Å²) in [4.78, 5) is 18.5. The van der Waals surface area contributed by atoms with E-state index in [-0.39, 0.29) is 17.6 Å². The number of rotatable bonds is 5. The van der Waals surface area contributed by atoms with Crippen LogP contribution in [0.5, 0.6) is 0 Å². The van der Waals surface area contributed by atoms with Gasteiger partial charge in [0.05, 0.1) is 24.5 Å². The first-order valence-corrected chi connectivity index (χ1v) is 8.25. The topological polar surface area (TPSA) is 63.9 Å². The molecule has 128 valence electrons. The minimum Gasteiger partial charge on any atom is -0.332 e. The highest BCUT2D eigenvalue weighted by Gasteiger charge is 2.22. The van der Waals surface area contributed by atoms with Gasteiger partial charge in [-0.2, -0.15) is 0 Å². The van der Waals surface area contributed by atoms with Crippen molar-refractivity contribution < 1.29 is 4.79 Å². The summed E-state index contributed by atoms with van der Waals surface area (Å²) in [5, 5.41) is 8.69. The number of carbonyl (C=O) groups excluding carboxylic acids is 1. The highest BCUT2D eigenvalue weighted by molar-refractivity contribution is 6.31. The Balaban J connectivity index is 1.73. The molecule has 0 N–H and O–H groups in total. The van der Waals surface area contributed by atoms with E-state index in [1.54, 1.807) is 29.0 Å². The van der Waals surface area contributed by atoms with Gasteiger partial charge in [-0.25, -0.2) is 4.68 Å². The lowest BCUT2D eigenvalue weighted by Crippen LogP contribution is -2.30. The van der Waals surface area contributed by atoms with Crippen LogP contribution in [0.1, 0.15) is 34.7 Å². The SMILES string of the molecule is CC(c1ccccn1)N(C)C(=O)c1cn(Cc2ccccc2Cl)nn1. The Hall–Kier alpha value is -2.73. The number of carbonyl (C=O) groups is 1. The van der Waals surface area contributed by atoms with Crippen molar-refractivity contribution in [3.8, 4) is 0 Å². The molecular formula is C18H18ClN5O. The van der Waals surface area contributed by atoms with Crippen LogP contribution in [0.4, 0.5) is 0 Å². The van der Waals surface area contributed by atoms with Crippen molar-refractivity contribution in [2.75, 3.05) is 7.05 Å². The molecule has 1 unspecified atom stereocenters. The highest BCUT2D eigenvalue weighted by Crippen LogP contribution is 2.19. The summed E-state index contributed by atoms with van der Waals surface area (Å²) in [7, 11) is 1.73. The standard InChI is InChI=1S/C18H18ClN5O/c1-13(16-9-5-6-10-20-16)23(2)18(25)17-12-24(22-21-17)11-14-7-3-4-8-15(14)19/h3-10,12-13H,11H2,1-2H3. The maximum atomic E-state index is 12.6. The lowest BCUT2D eigenvalue weighted by molar-refractivity contribution is 0.0733. The van der Waals surface area contributed by atoms with E-state index in [0.29, 0.717) is 11.6 Å². The predicted octanol–water partition coefficient (Wildman–Crippen LogP) is 3.21. The molecule has 1 amide bonds. The molecule has 2 heterocycles. The van der Waals surface area contributed by atoms with Gasteiger partial charge in [0, 0.05) is 18.3 Å². The van der Waals surface area contributed by atoms with Crippen LogP contribution in [0.15, 0.2) is 54.9 Å². The maximum absolute atomic E-state index is 12.6. The van der Waals surface area contributed by atoms with Gasteiger partial charge in [-0.15, -0.1) is 5.10 Å². The van der Waals surface area contributed by atoms with Crippen molar-refractivity contribution in [1.82, 2.24) is 24.9 Å². The predicted molar refractivity (Wildman–Crippen MR) is 95.3 cm³/mol. The number of hydrogen-bond acceptors (Lipinski definition) is 4. The zero-order valence-electron chi connectivity index (χ0n) is 14.0. The van der Waals surface area contributed by atoms with Crippen LogP contribution in [0.2, 0.25) is 5.02 Å². The number of hydrogen-bond donors (Lipinski definition) is 0. The van der Waals surface area contributed by atoms with Gasteiger partial charge in [-0.05, 0) is 30.7 Å². The van der Waals surface area contributed by atoms with E-state index in [1.165, 1.54) is 0 Å². The molecule has 0 saturated heterocycles. The monoisotopic (exact) mass is 355 g/mol. The highest BCUT2D eigenvalue weighted by atomic mass is 35.5. The Kier molecular flexibility index (Phi) is 5.09. The number of benzene rings is 1. The maximum Gasteiger partial charge on any atom is 0.276 e. The van der Waals surface area contributed by atoms with Gasteiger partial charge in [0.25, 0.3) is 5.91 Å². The fraction of sp³-hybridized carbons (Fsp3) is 0.222. The normalized spacial score (nSPS) is 12.0. The lowest BCUT2D eigenvalue weighted by Gasteiger charge is -2.23. The van der Waals surface area contributed by atoms with Gasteiger partial charge in [0.1, 0.15) is 0 Å². The molecule has 0 radical (unpaired) electrons. The summed E-state index contributed by atoms with van der Waals surface area (Å²) in [5.74, 6) is -0.205. The van der Waals surface area contributed by atoms with E-state index in [2.05, 4.69) is 15.3 Å². The number of amides is 1. The van der Waals surface area contributed by atoms with Crippen LogP contribution in [-0.4, -0.2) is 37.8 Å². The minimum absolute atomic E-state index is 0.164. The molecule has 25 heavy (non-hydrogen) atoms. The smallest absolute Gasteiger partial charge is 0.276 e. The van der Waals surface area contributed by atoms with Gasteiger partial charge < -0.3 is 4.90 Å². The largest absolute Gasteiger partial charge is 0.332 e. The average molecular weight is 356 g/mol. The van der Waals surface area contributed by atoms with E-state index in [1.807, 2.05) is 49.4 Å². The third-order valence-electron chi connectivity index (χ3n) is 4.07. The first kappa shape index (κ1) is 17.1. The van der Waals surface area contributed by atoms with Crippen LogP contribution < -0.4 is 0 Å². The molecule has 1 atom stereocenters. The Labute approximate surface area is 151 Å². The molecule has 3 rings (SSSR count). The zero-order valence-corrected chi connectivity index (χ0v) is 14.8. The van der Waals surface area contributed by atoms with E-state index in [4.69, 9.17) is 11.6 Å². The van der Waals surface area contributed by atoms with E-state index < -0.39 is 0 Å². The van der Waals surface area contributed by atoms with Crippen LogP contribution in [0.3, 0.4) is 0 Å². The second-order valence-corrected chi connectivity index (χ2v) is 6.15. The average Bonchev–Trinajstić information content (AvgIpc) is 3.11. The van der Waals surface area contributed by atoms with Gasteiger partial charge >= 0.3 is 0 Å². The van der Waals surface area contributed by atoms with Gasteiger partial charge in [-0.3, -0.25) is 9.78 Å². The van der Waals surface area contributed by atoms with Crippen molar-refractivity contribution in [3.63, 3.8) is 0 Å². The Bertz CT molecular complexity index is 865. The molecular weight excluding hydrogens is 338 g/mol. The number of nitrogens with zero attached hydrogens (tertiary/aromatic N) is 5. The van der Waals surface area contributed by atoms with E-state index in [0.717, 1.165) is 11.3 Å². The molecule has 0 aliphatic rings. The summed E-state index contributed by atoms with van der Waals surface area (Å²) in [5.41, 5.74) is 2.03. The van der Waals surface area contributed by atoms with Crippen molar-refractivity contribution in [2.24, 2.45) is 0 Å². The summed E-state index contributed by atoms with van der Waals surface area (Å²) in [6.07, 6.45) is 3.34. The van der Waals surface area contributed by atoms with Crippen molar-refractivity contribution in [3.05, 3.63) is 76.8 Å². The summed E-state index contributed by atoms with van der Waals surface area (Å²) >= 11 is 6.16. The Morgan fingerprint density at radius 3 is 2.72 bits per heavy atom. The third-order valence-corrected chi connectivity index (χ3v) is 4.43. The van der Waals surface area contributed by atoms with E-state index in [9.17, 15) is 4.79 Å². The second kappa shape index (κ2) is 7.44. The van der Waals surface area contributed by atoms with Crippen LogP contribution in [0, 0.1) is 0 Å². The van der Waals surface area contributed by atoms with Crippen LogP contribution >= 0.6 is 11.6 Å². The Morgan fingerprint density at radius 1 is 1.24 bits per heavy atom. The molecule has 7 heteroatoms. The fourth-order valence-electron chi connectivity index (χ4n) is 2.45. The molecule has 0 aliphatic carbocycles. The molecule has 0 spiro atoms. The van der Waals surface area contributed by atoms with Crippen LogP contribution in [-0.2, 0) is 6.54 Å². The zero-order chi connectivity index (χ0) is 17.8. The quantitative estimate of drug-likeness (QED) is 0.705. The van der Waals surface area contributed by atoms with E-state index >= 15 is 0 Å². The molecule has 1 aromatic carbocycles. The minimum atomic E-state index is -0.205. The number of pyridine rings is 1. The molecule has 3 aromatic rings. The van der Waals surface area contributed by atoms with Crippen molar-refractivity contribution in [1.29, 1.82) is 0 Å². The molecule has 0 saturated carbocycles. The first-order valence-electron chi connectivity index (χ1n) is 7.88. The van der Waals surface area contributed by atoms with Crippen molar-refractivity contribution in [2.45, 2.75) is 19.5 Å². The first-order chi connectivity index (χ1) is 12.1. The van der Waals surface area contributed by atoms with Gasteiger partial charge in [0.15, 0.2) is 5.69 Å². The fourth-order valence-corrected chi connectivity index (χ4v) is 2.65. The van der Waals surface area contributed by atoms with Crippen LogP contribution in [0.25, 0.3) is 0 Å². The molecule has 0 aliphatic heterocycles. The molecule has 0 fully saturated rings. The molecule has 0 bridgehead atoms. The summed E-state index contributed by atoms with van der Waals surface area (Å²) in [6, 6.07) is 13.0.